The molecule has 2 atom stereocenters. The first-order chi connectivity index (χ1) is 12.4. The number of hydrogen-bond donors (Lipinski definition) is 0. The third kappa shape index (κ3) is 3.18. The molecule has 0 spiro atoms. The van der Waals surface area contributed by atoms with Crippen LogP contribution in [-0.4, -0.2) is 56.5 Å². The third-order valence-electron chi connectivity index (χ3n) is 4.84. The van der Waals surface area contributed by atoms with Gasteiger partial charge in [0.2, 0.25) is 0 Å². The number of methoxy groups -OCH3 is 2. The highest BCUT2D eigenvalue weighted by atomic mass is 32.2. The van der Waals surface area contributed by atoms with Gasteiger partial charge in [-0.15, -0.1) is 0 Å². The Morgan fingerprint density at radius 3 is 2.58 bits per heavy atom. The first-order valence-electron chi connectivity index (χ1n) is 8.43. The summed E-state index contributed by atoms with van der Waals surface area (Å²) in [7, 11) is 0.0208. The molecular formula is C17H20N2O5S2. The Hall–Kier alpha value is -1.74. The summed E-state index contributed by atoms with van der Waals surface area (Å²) in [6.07, 6.45) is 1.77. The smallest absolute Gasteiger partial charge is 0.251 e. The normalized spacial score (nSPS) is 28.2. The number of fused-ring (bicyclic) bond motifs is 1. The van der Waals surface area contributed by atoms with Crippen LogP contribution in [0.25, 0.3) is 0 Å². The van der Waals surface area contributed by atoms with Crippen molar-refractivity contribution in [3.8, 4) is 11.5 Å². The SMILES string of the molecule is COc1ccc(N2C(=NC(=O)C3CC3)S[C@H]3CS(=O)(=O)C[C@@H]32)cc1OC. The van der Waals surface area contributed by atoms with E-state index in [4.69, 9.17) is 9.47 Å². The molecule has 2 heterocycles. The van der Waals surface area contributed by atoms with Crippen LogP contribution in [-0.2, 0) is 14.6 Å². The lowest BCUT2D eigenvalue weighted by Crippen LogP contribution is -2.37. The van der Waals surface area contributed by atoms with Crippen molar-refractivity contribution in [1.29, 1.82) is 0 Å². The van der Waals surface area contributed by atoms with Crippen LogP contribution in [0.5, 0.6) is 11.5 Å². The number of aliphatic imine (C=N–C) groups is 1. The summed E-state index contributed by atoms with van der Waals surface area (Å²) in [5.41, 5.74) is 0.752. The zero-order valence-corrected chi connectivity index (χ0v) is 16.2. The summed E-state index contributed by atoms with van der Waals surface area (Å²) in [5, 5.41) is 0.470. The average Bonchev–Trinajstić information content (AvgIpc) is 3.35. The Morgan fingerprint density at radius 1 is 1.19 bits per heavy atom. The van der Waals surface area contributed by atoms with E-state index in [-0.39, 0.29) is 34.6 Å². The maximum atomic E-state index is 12.2. The van der Waals surface area contributed by atoms with E-state index in [1.165, 1.54) is 11.8 Å². The molecule has 1 saturated carbocycles. The van der Waals surface area contributed by atoms with Gasteiger partial charge < -0.3 is 14.4 Å². The number of anilines is 1. The highest BCUT2D eigenvalue weighted by Gasteiger charge is 2.49. The van der Waals surface area contributed by atoms with E-state index in [0.29, 0.717) is 16.7 Å². The van der Waals surface area contributed by atoms with Crippen LogP contribution in [0.1, 0.15) is 12.8 Å². The third-order valence-corrected chi connectivity index (χ3v) is 8.05. The molecule has 3 fully saturated rings. The lowest BCUT2D eigenvalue weighted by atomic mass is 10.2. The average molecular weight is 396 g/mol. The van der Waals surface area contributed by atoms with Crippen LogP contribution < -0.4 is 14.4 Å². The number of nitrogens with zero attached hydrogens (tertiary/aromatic N) is 2. The van der Waals surface area contributed by atoms with Crippen LogP contribution in [0.15, 0.2) is 23.2 Å². The number of sulfone groups is 1. The molecule has 2 saturated heterocycles. The zero-order valence-electron chi connectivity index (χ0n) is 14.5. The zero-order chi connectivity index (χ0) is 18.5. The van der Waals surface area contributed by atoms with Gasteiger partial charge in [0.05, 0.1) is 31.8 Å². The van der Waals surface area contributed by atoms with Crippen LogP contribution in [0.2, 0.25) is 0 Å². The van der Waals surface area contributed by atoms with E-state index in [2.05, 4.69) is 4.99 Å². The molecule has 140 valence electrons. The minimum absolute atomic E-state index is 0.0273. The molecule has 9 heteroatoms. The summed E-state index contributed by atoms with van der Waals surface area (Å²) in [6.45, 7) is 0. The van der Waals surface area contributed by atoms with E-state index >= 15 is 0 Å². The summed E-state index contributed by atoms with van der Waals surface area (Å²) in [4.78, 5) is 18.4. The largest absolute Gasteiger partial charge is 0.493 e. The van der Waals surface area contributed by atoms with E-state index in [0.717, 1.165) is 18.5 Å². The molecule has 1 aliphatic carbocycles. The summed E-state index contributed by atoms with van der Waals surface area (Å²) < 4.78 is 34.8. The maximum Gasteiger partial charge on any atom is 0.251 e. The van der Waals surface area contributed by atoms with Crippen molar-refractivity contribution in [1.82, 2.24) is 0 Å². The van der Waals surface area contributed by atoms with Gasteiger partial charge in [-0.3, -0.25) is 4.79 Å². The van der Waals surface area contributed by atoms with Crippen molar-refractivity contribution < 1.29 is 22.7 Å². The summed E-state index contributed by atoms with van der Waals surface area (Å²) in [5.74, 6) is 1.23. The predicted molar refractivity (Wildman–Crippen MR) is 101 cm³/mol. The van der Waals surface area contributed by atoms with Crippen LogP contribution in [0.3, 0.4) is 0 Å². The first kappa shape index (κ1) is 17.7. The fourth-order valence-electron chi connectivity index (χ4n) is 3.36. The lowest BCUT2D eigenvalue weighted by molar-refractivity contribution is -0.118. The van der Waals surface area contributed by atoms with Gasteiger partial charge in [0.1, 0.15) is 0 Å². The van der Waals surface area contributed by atoms with Crippen LogP contribution in [0.4, 0.5) is 5.69 Å². The number of ether oxygens (including phenoxy) is 2. The number of amides is 1. The fraction of sp³-hybridized carbons (Fsp3) is 0.529. The molecule has 1 aromatic carbocycles. The second-order valence-corrected chi connectivity index (χ2v) is 10.1. The molecule has 0 aromatic heterocycles. The van der Waals surface area contributed by atoms with Gasteiger partial charge in [-0.05, 0) is 25.0 Å². The molecule has 7 nitrogen and oxygen atoms in total. The highest BCUT2D eigenvalue weighted by molar-refractivity contribution is 8.16. The molecular weight excluding hydrogens is 376 g/mol. The monoisotopic (exact) mass is 396 g/mol. The molecule has 26 heavy (non-hydrogen) atoms. The number of thioether (sulfide) groups is 1. The molecule has 1 aromatic rings. The van der Waals surface area contributed by atoms with Gasteiger partial charge in [-0.25, -0.2) is 8.42 Å². The van der Waals surface area contributed by atoms with Crippen molar-refractivity contribution in [2.45, 2.75) is 24.1 Å². The molecule has 0 unspecified atom stereocenters. The van der Waals surface area contributed by atoms with E-state index in [1.807, 2.05) is 11.0 Å². The Kier molecular flexibility index (Phi) is 4.38. The standard InChI is InChI=1S/C17H20N2O5S2/c1-23-13-6-5-11(7-14(13)24-2)19-12-8-26(21,22)9-15(12)25-17(19)18-16(20)10-3-4-10/h5-7,10,12,15H,3-4,8-9H2,1-2H3/t12-,15-/m0/s1. The number of rotatable bonds is 4. The molecule has 1 amide bonds. The Balaban J connectivity index is 1.74. The van der Waals surface area contributed by atoms with Crippen molar-refractivity contribution in [2.75, 3.05) is 30.6 Å². The second-order valence-electron chi connectivity index (χ2n) is 6.72. The van der Waals surface area contributed by atoms with Crippen LogP contribution in [0, 0.1) is 5.92 Å². The second kappa shape index (κ2) is 6.45. The van der Waals surface area contributed by atoms with Crippen molar-refractivity contribution in [2.24, 2.45) is 10.9 Å². The van der Waals surface area contributed by atoms with E-state index in [9.17, 15) is 13.2 Å². The van der Waals surface area contributed by atoms with Gasteiger partial charge in [-0.1, -0.05) is 11.8 Å². The summed E-state index contributed by atoms with van der Waals surface area (Å²) in [6, 6.07) is 5.18. The predicted octanol–water partition coefficient (Wildman–Crippen LogP) is 1.72. The first-order valence-corrected chi connectivity index (χ1v) is 11.1. The Morgan fingerprint density at radius 2 is 1.92 bits per heavy atom. The van der Waals surface area contributed by atoms with Gasteiger partial charge in [0.25, 0.3) is 5.91 Å². The number of benzene rings is 1. The quantitative estimate of drug-likeness (QED) is 0.766. The fourth-order valence-corrected chi connectivity index (χ4v) is 7.28. The van der Waals surface area contributed by atoms with E-state index in [1.54, 1.807) is 26.4 Å². The van der Waals surface area contributed by atoms with Gasteiger partial charge in [0.15, 0.2) is 26.5 Å². The van der Waals surface area contributed by atoms with E-state index < -0.39 is 9.84 Å². The number of carbonyl (C=O) groups excluding carboxylic acids is 1. The highest BCUT2D eigenvalue weighted by Crippen LogP contribution is 2.43. The van der Waals surface area contributed by atoms with Crippen molar-refractivity contribution in [3.63, 3.8) is 0 Å². The molecule has 2 aliphatic heterocycles. The molecule has 3 aliphatic rings. The van der Waals surface area contributed by atoms with Crippen molar-refractivity contribution >= 4 is 38.4 Å². The molecule has 0 bridgehead atoms. The number of amidine groups is 1. The van der Waals surface area contributed by atoms with Gasteiger partial charge >= 0.3 is 0 Å². The summed E-state index contributed by atoms with van der Waals surface area (Å²) >= 11 is 1.39. The number of carbonyl (C=O) groups is 1. The topological polar surface area (TPSA) is 85.3 Å². The Labute approximate surface area is 156 Å². The van der Waals surface area contributed by atoms with Gasteiger partial charge in [0, 0.05) is 22.9 Å². The van der Waals surface area contributed by atoms with Crippen LogP contribution >= 0.6 is 11.8 Å². The van der Waals surface area contributed by atoms with Crippen molar-refractivity contribution in [3.05, 3.63) is 18.2 Å². The molecule has 0 radical (unpaired) electrons. The maximum absolute atomic E-state index is 12.2. The Bertz CT molecular complexity index is 879. The number of hydrogen-bond acceptors (Lipinski definition) is 6. The molecule has 4 rings (SSSR count). The molecule has 0 N–H and O–H groups in total. The lowest BCUT2D eigenvalue weighted by Gasteiger charge is -2.25. The minimum atomic E-state index is -3.09. The minimum Gasteiger partial charge on any atom is -0.493 e. The van der Waals surface area contributed by atoms with Gasteiger partial charge in [-0.2, -0.15) is 4.99 Å².